The normalized spacial score (nSPS) is 10.4. The molecule has 0 atom stereocenters. The summed E-state index contributed by atoms with van der Waals surface area (Å²) in [5.41, 5.74) is 3.87. The molecule has 4 nitrogen and oxygen atoms in total. The van der Waals surface area contributed by atoms with E-state index in [0.717, 1.165) is 22.5 Å². The van der Waals surface area contributed by atoms with Crippen molar-refractivity contribution in [1.82, 2.24) is 0 Å². The van der Waals surface area contributed by atoms with E-state index in [0.29, 0.717) is 13.1 Å². The summed E-state index contributed by atoms with van der Waals surface area (Å²) in [6.07, 6.45) is 0.288. The van der Waals surface area contributed by atoms with Crippen molar-refractivity contribution in [3.63, 3.8) is 0 Å². The second-order valence-electron chi connectivity index (χ2n) is 6.13. The third-order valence-electron chi connectivity index (χ3n) is 4.32. The Bertz CT molecular complexity index is 721. The molecule has 132 valence electrons. The summed E-state index contributed by atoms with van der Waals surface area (Å²) in [4.78, 5) is 28.3. The van der Waals surface area contributed by atoms with Gasteiger partial charge in [0, 0.05) is 37.8 Å². The van der Waals surface area contributed by atoms with E-state index in [9.17, 15) is 9.59 Å². The molecule has 0 aliphatic rings. The second kappa shape index (κ2) is 8.47. The summed E-state index contributed by atoms with van der Waals surface area (Å²) in [5, 5.41) is 0. The zero-order chi connectivity index (χ0) is 18.4. The van der Waals surface area contributed by atoms with Crippen LogP contribution in [0.1, 0.15) is 31.4 Å². The van der Waals surface area contributed by atoms with Gasteiger partial charge in [0.25, 0.3) is 0 Å². The van der Waals surface area contributed by atoms with E-state index in [2.05, 4.69) is 0 Å². The first kappa shape index (κ1) is 18.7. The van der Waals surface area contributed by atoms with Crippen LogP contribution in [-0.2, 0) is 9.59 Å². The number of para-hydroxylation sites is 2. The van der Waals surface area contributed by atoms with E-state index in [1.165, 1.54) is 0 Å². The minimum absolute atomic E-state index is 0.0196. The first-order valence-electron chi connectivity index (χ1n) is 8.65. The Kier molecular flexibility index (Phi) is 6.34. The van der Waals surface area contributed by atoms with Crippen molar-refractivity contribution in [3.8, 4) is 0 Å². The van der Waals surface area contributed by atoms with Gasteiger partial charge in [-0.1, -0.05) is 36.4 Å². The highest BCUT2D eigenvalue weighted by Crippen LogP contribution is 2.25. The van der Waals surface area contributed by atoms with Gasteiger partial charge in [0.15, 0.2) is 0 Å². The Morgan fingerprint density at radius 2 is 1.48 bits per heavy atom. The van der Waals surface area contributed by atoms with Crippen molar-refractivity contribution >= 4 is 23.2 Å². The Hall–Kier alpha value is -2.62. The van der Waals surface area contributed by atoms with Gasteiger partial charge in [-0.25, -0.2) is 0 Å². The highest BCUT2D eigenvalue weighted by Gasteiger charge is 2.20. The maximum atomic E-state index is 12.7. The van der Waals surface area contributed by atoms with Gasteiger partial charge in [-0.3, -0.25) is 9.59 Å². The van der Waals surface area contributed by atoms with Crippen LogP contribution in [0.2, 0.25) is 0 Å². The summed E-state index contributed by atoms with van der Waals surface area (Å²) >= 11 is 0. The smallest absolute Gasteiger partial charge is 0.228 e. The highest BCUT2D eigenvalue weighted by atomic mass is 16.2. The van der Waals surface area contributed by atoms with E-state index < -0.39 is 0 Å². The Morgan fingerprint density at radius 1 is 0.880 bits per heavy atom. The van der Waals surface area contributed by atoms with E-state index in [1.807, 2.05) is 69.3 Å². The van der Waals surface area contributed by atoms with Gasteiger partial charge in [-0.2, -0.15) is 0 Å². The maximum Gasteiger partial charge on any atom is 0.228 e. The van der Waals surface area contributed by atoms with Crippen LogP contribution in [-0.4, -0.2) is 24.9 Å². The molecule has 0 bridgehead atoms. The monoisotopic (exact) mass is 338 g/mol. The minimum atomic E-state index is -0.0482. The molecule has 0 saturated carbocycles. The van der Waals surface area contributed by atoms with Crippen LogP contribution in [0, 0.1) is 13.8 Å². The number of amides is 2. The summed E-state index contributed by atoms with van der Waals surface area (Å²) in [6.45, 7) is 8.46. The Balaban J connectivity index is 2.16. The number of anilines is 2. The molecule has 0 aliphatic carbocycles. The van der Waals surface area contributed by atoms with E-state index in [-0.39, 0.29) is 18.2 Å². The number of hydrogen-bond donors (Lipinski definition) is 0. The molecule has 2 rings (SSSR count). The van der Waals surface area contributed by atoms with Crippen molar-refractivity contribution in [2.24, 2.45) is 0 Å². The fourth-order valence-electron chi connectivity index (χ4n) is 3.11. The fraction of sp³-hybridized carbons (Fsp3) is 0.333. The zero-order valence-electron chi connectivity index (χ0n) is 15.5. The van der Waals surface area contributed by atoms with Crippen molar-refractivity contribution < 1.29 is 9.59 Å². The van der Waals surface area contributed by atoms with Gasteiger partial charge in [0.05, 0.1) is 0 Å². The predicted octanol–water partition coefficient (Wildman–Crippen LogP) is 4.10. The number of carbonyl (C=O) groups excluding carboxylic acids is 2. The van der Waals surface area contributed by atoms with Gasteiger partial charge in [0.1, 0.15) is 0 Å². The van der Waals surface area contributed by atoms with Crippen LogP contribution in [0.15, 0.2) is 48.5 Å². The molecule has 0 saturated heterocycles. The van der Waals surface area contributed by atoms with E-state index in [4.69, 9.17) is 0 Å². The molecule has 2 amide bonds. The number of benzene rings is 2. The molecule has 0 heterocycles. The van der Waals surface area contributed by atoms with Crippen molar-refractivity contribution in [1.29, 1.82) is 0 Å². The zero-order valence-corrected chi connectivity index (χ0v) is 15.5. The van der Waals surface area contributed by atoms with Crippen LogP contribution in [0.3, 0.4) is 0 Å². The van der Waals surface area contributed by atoms with Crippen LogP contribution in [0.5, 0.6) is 0 Å². The highest BCUT2D eigenvalue weighted by molar-refractivity contribution is 5.96. The third-order valence-corrected chi connectivity index (χ3v) is 4.32. The molecule has 0 unspecified atom stereocenters. The van der Waals surface area contributed by atoms with Crippen molar-refractivity contribution in [2.45, 2.75) is 34.1 Å². The largest absolute Gasteiger partial charge is 0.313 e. The van der Waals surface area contributed by atoms with Gasteiger partial charge in [-0.15, -0.1) is 0 Å². The molecule has 4 heteroatoms. The van der Waals surface area contributed by atoms with Gasteiger partial charge in [0.2, 0.25) is 11.8 Å². The van der Waals surface area contributed by atoms with E-state index >= 15 is 0 Å². The lowest BCUT2D eigenvalue weighted by atomic mass is 10.1. The lowest BCUT2D eigenvalue weighted by Crippen LogP contribution is -2.37. The van der Waals surface area contributed by atoms with Crippen LogP contribution in [0.4, 0.5) is 11.4 Å². The molecule has 0 radical (unpaired) electrons. The average molecular weight is 338 g/mol. The number of nitrogens with zero attached hydrogens (tertiary/aromatic N) is 2. The number of aryl methyl sites for hydroxylation is 2. The average Bonchev–Trinajstić information content (AvgIpc) is 2.58. The SMILES string of the molecule is CCN(C(=O)CCN(C(C)=O)c1c(C)cccc1C)c1ccccc1. The molecule has 0 aliphatic heterocycles. The summed E-state index contributed by atoms with van der Waals surface area (Å²) < 4.78 is 0. The first-order chi connectivity index (χ1) is 12.0. The maximum absolute atomic E-state index is 12.7. The molecule has 0 spiro atoms. The van der Waals surface area contributed by atoms with Crippen molar-refractivity contribution in [2.75, 3.05) is 22.9 Å². The molecular formula is C21H26N2O2. The third kappa shape index (κ3) is 4.47. The Labute approximate surface area is 150 Å². The molecule has 0 aromatic heterocycles. The molecule has 0 fully saturated rings. The van der Waals surface area contributed by atoms with Crippen LogP contribution >= 0.6 is 0 Å². The molecular weight excluding hydrogens is 312 g/mol. The van der Waals surface area contributed by atoms with Crippen molar-refractivity contribution in [3.05, 3.63) is 59.7 Å². The lowest BCUT2D eigenvalue weighted by molar-refractivity contribution is -0.118. The number of rotatable bonds is 6. The summed E-state index contributed by atoms with van der Waals surface area (Å²) in [7, 11) is 0. The fourth-order valence-corrected chi connectivity index (χ4v) is 3.11. The van der Waals surface area contributed by atoms with Gasteiger partial charge >= 0.3 is 0 Å². The van der Waals surface area contributed by atoms with Crippen LogP contribution < -0.4 is 9.80 Å². The Morgan fingerprint density at radius 3 is 2.00 bits per heavy atom. The lowest BCUT2D eigenvalue weighted by Gasteiger charge is -2.27. The molecule has 0 N–H and O–H groups in total. The predicted molar refractivity (Wildman–Crippen MR) is 103 cm³/mol. The quantitative estimate of drug-likeness (QED) is 0.795. The first-order valence-corrected chi connectivity index (χ1v) is 8.65. The van der Waals surface area contributed by atoms with E-state index in [1.54, 1.807) is 16.7 Å². The summed E-state index contributed by atoms with van der Waals surface area (Å²) in [6, 6.07) is 15.6. The minimum Gasteiger partial charge on any atom is -0.313 e. The van der Waals surface area contributed by atoms with Gasteiger partial charge in [-0.05, 0) is 44.0 Å². The molecule has 2 aromatic carbocycles. The molecule has 2 aromatic rings. The topological polar surface area (TPSA) is 40.6 Å². The number of carbonyl (C=O) groups is 2. The second-order valence-corrected chi connectivity index (χ2v) is 6.13. The summed E-state index contributed by atoms with van der Waals surface area (Å²) in [5.74, 6) is -0.0286. The molecule has 25 heavy (non-hydrogen) atoms. The van der Waals surface area contributed by atoms with Crippen LogP contribution in [0.25, 0.3) is 0 Å². The standard InChI is InChI=1S/C21H26N2O2/c1-5-22(19-12-7-6-8-13-19)20(25)14-15-23(18(4)24)21-16(2)10-9-11-17(21)3/h6-13H,5,14-15H2,1-4H3. The number of hydrogen-bond acceptors (Lipinski definition) is 2. The van der Waals surface area contributed by atoms with Gasteiger partial charge < -0.3 is 9.80 Å².